The lowest BCUT2D eigenvalue weighted by Crippen LogP contribution is -2.54. The molecule has 27 heavy (non-hydrogen) atoms. The second kappa shape index (κ2) is 7.83. The molecule has 0 aromatic rings. The van der Waals surface area contributed by atoms with Gasteiger partial charge in [0.1, 0.15) is 6.61 Å². The van der Waals surface area contributed by atoms with Gasteiger partial charge in [-0.3, -0.25) is 0 Å². The van der Waals surface area contributed by atoms with Gasteiger partial charge in [0.15, 0.2) is 0 Å². The van der Waals surface area contributed by atoms with E-state index in [0.29, 0.717) is 0 Å². The second-order valence-corrected chi connectivity index (χ2v) is 4.40. The molecule has 17 heteroatoms. The highest BCUT2D eigenvalue weighted by Gasteiger charge is 2.71. The average molecular weight is 442 g/mol. The molecule has 0 saturated carbocycles. The van der Waals surface area contributed by atoms with E-state index in [1.165, 1.54) is 0 Å². The van der Waals surface area contributed by atoms with Crippen LogP contribution >= 0.6 is 0 Å². The van der Waals surface area contributed by atoms with Gasteiger partial charge in [-0.15, -0.1) is 0 Å². The highest BCUT2D eigenvalue weighted by Crippen LogP contribution is 2.45. The molecule has 0 bridgehead atoms. The standard InChI is InChI=1S/C10H5F15O2/c11-3(6(14,15)9(20,21)22)4(12)26-1-2-27-8(18,19)5(13)7(16,17)10(23,24)25/h5H,1-2H2. The van der Waals surface area contributed by atoms with E-state index < -0.39 is 61.5 Å². The summed E-state index contributed by atoms with van der Waals surface area (Å²) < 4.78 is 190. The van der Waals surface area contributed by atoms with Crippen molar-refractivity contribution in [2.24, 2.45) is 0 Å². The average Bonchev–Trinajstić information content (AvgIpc) is 2.47. The van der Waals surface area contributed by atoms with Gasteiger partial charge in [-0.2, -0.15) is 61.5 Å². The van der Waals surface area contributed by atoms with E-state index in [9.17, 15) is 65.9 Å². The minimum atomic E-state index is -6.77. The first-order valence-corrected chi connectivity index (χ1v) is 5.93. The smallest absolute Gasteiger partial charge is 0.460 e. The van der Waals surface area contributed by atoms with Crippen molar-refractivity contribution < 1.29 is 75.3 Å². The fraction of sp³-hybridized carbons (Fsp3) is 0.800. The van der Waals surface area contributed by atoms with Crippen molar-refractivity contribution in [3.63, 3.8) is 0 Å². The van der Waals surface area contributed by atoms with Crippen molar-refractivity contribution in [2.45, 2.75) is 36.5 Å². The molecule has 0 aromatic heterocycles. The van der Waals surface area contributed by atoms with Gasteiger partial charge in [0.05, 0.1) is 6.61 Å². The lowest BCUT2D eigenvalue weighted by atomic mass is 10.2. The van der Waals surface area contributed by atoms with Crippen molar-refractivity contribution in [1.29, 1.82) is 0 Å². The van der Waals surface area contributed by atoms with E-state index in [1.807, 2.05) is 0 Å². The molecule has 0 saturated heterocycles. The largest absolute Gasteiger partial charge is 0.466 e. The first kappa shape index (κ1) is 25.4. The lowest BCUT2D eigenvalue weighted by Gasteiger charge is -2.28. The van der Waals surface area contributed by atoms with Gasteiger partial charge in [0.2, 0.25) is 0 Å². The van der Waals surface area contributed by atoms with Crippen LogP contribution in [0.3, 0.4) is 0 Å². The normalized spacial score (nSPS) is 16.9. The van der Waals surface area contributed by atoms with E-state index in [4.69, 9.17) is 0 Å². The van der Waals surface area contributed by atoms with Crippen LogP contribution in [0, 0.1) is 0 Å². The maximum atomic E-state index is 12.8. The number of alkyl halides is 13. The molecule has 1 unspecified atom stereocenters. The molecule has 0 aliphatic carbocycles. The number of hydrogen-bond acceptors (Lipinski definition) is 2. The van der Waals surface area contributed by atoms with Gasteiger partial charge >= 0.3 is 36.3 Å². The molecular weight excluding hydrogens is 437 g/mol. The summed E-state index contributed by atoms with van der Waals surface area (Å²) in [5.41, 5.74) is 0. The molecule has 0 rings (SSSR count). The Morgan fingerprint density at radius 3 is 1.52 bits per heavy atom. The minimum absolute atomic E-state index is 1.90. The summed E-state index contributed by atoms with van der Waals surface area (Å²) in [6, 6.07) is -3.28. The molecule has 0 spiro atoms. The molecule has 0 fully saturated rings. The summed E-state index contributed by atoms with van der Waals surface area (Å²) in [7, 11) is 0. The maximum absolute atomic E-state index is 12.8. The Bertz CT molecular complexity index is 532. The number of rotatable bonds is 8. The van der Waals surface area contributed by atoms with Crippen LogP contribution in [0.2, 0.25) is 0 Å². The predicted molar refractivity (Wildman–Crippen MR) is 53.0 cm³/mol. The summed E-state index contributed by atoms with van der Waals surface area (Å²) in [6.45, 7) is -3.91. The first-order valence-electron chi connectivity index (χ1n) is 5.93. The quantitative estimate of drug-likeness (QED) is 0.283. The Kier molecular flexibility index (Phi) is 7.38. The van der Waals surface area contributed by atoms with Gasteiger partial charge < -0.3 is 9.47 Å². The third-order valence-electron chi connectivity index (χ3n) is 2.40. The number of halogens is 15. The summed E-state index contributed by atoms with van der Waals surface area (Å²) >= 11 is 0. The Balaban J connectivity index is 4.92. The zero-order valence-electron chi connectivity index (χ0n) is 12.0. The lowest BCUT2D eigenvalue weighted by molar-refractivity contribution is -0.370. The van der Waals surface area contributed by atoms with Crippen LogP contribution in [0.1, 0.15) is 0 Å². The minimum Gasteiger partial charge on any atom is -0.466 e. The molecule has 0 radical (unpaired) electrons. The zero-order valence-corrected chi connectivity index (χ0v) is 12.0. The maximum Gasteiger partial charge on any atom is 0.460 e. The Hall–Kier alpha value is -1.55. The van der Waals surface area contributed by atoms with Crippen LogP contribution in [0.4, 0.5) is 65.9 Å². The van der Waals surface area contributed by atoms with Gasteiger partial charge in [0.25, 0.3) is 12.0 Å². The third-order valence-corrected chi connectivity index (χ3v) is 2.40. The monoisotopic (exact) mass is 442 g/mol. The predicted octanol–water partition coefficient (Wildman–Crippen LogP) is 5.45. The van der Waals surface area contributed by atoms with Crippen LogP contribution < -0.4 is 0 Å². The molecule has 0 heterocycles. The van der Waals surface area contributed by atoms with E-state index in [0.717, 1.165) is 0 Å². The topological polar surface area (TPSA) is 18.5 Å². The van der Waals surface area contributed by atoms with Crippen molar-refractivity contribution in [1.82, 2.24) is 0 Å². The van der Waals surface area contributed by atoms with Crippen molar-refractivity contribution in [3.05, 3.63) is 11.8 Å². The van der Waals surface area contributed by atoms with E-state index >= 15 is 0 Å². The molecule has 1 atom stereocenters. The molecule has 0 aliphatic rings. The van der Waals surface area contributed by atoms with Crippen LogP contribution in [0.5, 0.6) is 0 Å². The molecule has 2 nitrogen and oxygen atoms in total. The molecule has 0 N–H and O–H groups in total. The van der Waals surface area contributed by atoms with Crippen molar-refractivity contribution >= 4 is 0 Å². The molecular formula is C10H5F15O2. The highest BCUT2D eigenvalue weighted by molar-refractivity contribution is 5.08. The van der Waals surface area contributed by atoms with E-state index in [2.05, 4.69) is 9.47 Å². The van der Waals surface area contributed by atoms with Gasteiger partial charge in [0, 0.05) is 0 Å². The summed E-state index contributed by atoms with van der Waals surface area (Å²) in [4.78, 5) is 0. The number of allylic oxidation sites excluding steroid dienone is 1. The Morgan fingerprint density at radius 1 is 0.704 bits per heavy atom. The highest BCUT2D eigenvalue weighted by atomic mass is 19.4. The second-order valence-electron chi connectivity index (χ2n) is 4.40. The van der Waals surface area contributed by atoms with Gasteiger partial charge in [-0.25, -0.2) is 4.39 Å². The number of hydrogen-bond donors (Lipinski definition) is 0. The van der Waals surface area contributed by atoms with Crippen LogP contribution in [-0.2, 0) is 9.47 Å². The fourth-order valence-electron chi connectivity index (χ4n) is 1.05. The van der Waals surface area contributed by atoms with Crippen molar-refractivity contribution in [3.8, 4) is 0 Å². The first-order chi connectivity index (χ1) is 11.7. The van der Waals surface area contributed by atoms with E-state index in [-0.39, 0.29) is 0 Å². The van der Waals surface area contributed by atoms with Crippen LogP contribution in [0.25, 0.3) is 0 Å². The van der Waals surface area contributed by atoms with Gasteiger partial charge in [-0.1, -0.05) is 0 Å². The Morgan fingerprint density at radius 2 is 1.15 bits per heavy atom. The SMILES string of the molecule is FC(OCCOC(F)(F)C(F)C(F)(F)C(F)(F)F)=C(F)C(F)(F)C(F)(F)F. The number of ether oxygens (including phenoxy) is 2. The molecule has 0 aliphatic heterocycles. The zero-order chi connectivity index (χ0) is 22.1. The van der Waals surface area contributed by atoms with Crippen LogP contribution in [0.15, 0.2) is 11.8 Å². The van der Waals surface area contributed by atoms with Crippen molar-refractivity contribution in [2.75, 3.05) is 13.2 Å². The van der Waals surface area contributed by atoms with Gasteiger partial charge in [-0.05, 0) is 0 Å². The van der Waals surface area contributed by atoms with Crippen LogP contribution in [-0.4, -0.2) is 49.7 Å². The third kappa shape index (κ3) is 5.71. The molecule has 162 valence electrons. The molecule has 0 amide bonds. The Labute approximate surface area is 138 Å². The fourth-order valence-corrected chi connectivity index (χ4v) is 1.05. The summed E-state index contributed by atoms with van der Waals surface area (Å²) in [6.07, 6.45) is -24.6. The molecule has 0 aromatic carbocycles. The van der Waals surface area contributed by atoms with E-state index in [1.54, 1.807) is 0 Å². The summed E-state index contributed by atoms with van der Waals surface area (Å²) in [5.74, 6) is -16.8. The summed E-state index contributed by atoms with van der Waals surface area (Å²) in [5, 5.41) is 0.